The molecule has 0 saturated heterocycles. The molecule has 0 fully saturated rings. The molecule has 0 radical (unpaired) electrons. The Morgan fingerprint density at radius 3 is 2.81 bits per heavy atom. The average molecular weight is 241 g/mol. The first-order valence-electron chi connectivity index (χ1n) is 4.84. The monoisotopic (exact) mass is 241 g/mol. The van der Waals surface area contributed by atoms with E-state index in [1.54, 1.807) is 25.1 Å². The van der Waals surface area contributed by atoms with Gasteiger partial charge in [0.15, 0.2) is 0 Å². The van der Waals surface area contributed by atoms with Crippen LogP contribution in [-0.2, 0) is 14.4 Å². The highest BCUT2D eigenvalue weighted by molar-refractivity contribution is 7.99. The Labute approximate surface area is 95.8 Å². The van der Waals surface area contributed by atoms with Crippen molar-refractivity contribution in [1.82, 2.24) is 4.72 Å². The van der Waals surface area contributed by atoms with Gasteiger partial charge in [-0.2, -0.15) is 0 Å². The zero-order chi connectivity index (χ0) is 12.2. The maximum absolute atomic E-state index is 12.1. The lowest BCUT2D eigenvalue weighted by Crippen LogP contribution is -2.31. The molecule has 5 heteroatoms. The van der Waals surface area contributed by atoms with Gasteiger partial charge in [-0.25, -0.2) is 13.7 Å². The highest BCUT2D eigenvalue weighted by atomic mass is 32.2. The van der Waals surface area contributed by atoms with E-state index in [4.69, 9.17) is 0 Å². The van der Waals surface area contributed by atoms with Crippen molar-refractivity contribution < 1.29 is 13.7 Å². The summed E-state index contributed by atoms with van der Waals surface area (Å²) < 4.78 is 19.0. The van der Waals surface area contributed by atoms with Crippen LogP contribution in [0.15, 0.2) is 29.2 Å². The molecule has 1 aromatic carbocycles. The van der Waals surface area contributed by atoms with Crippen LogP contribution in [0.5, 0.6) is 0 Å². The van der Waals surface area contributed by atoms with E-state index in [1.165, 1.54) is 0 Å². The second-order valence-electron chi connectivity index (χ2n) is 3.31. The van der Waals surface area contributed by atoms with Gasteiger partial charge in [0.25, 0.3) is 0 Å². The van der Waals surface area contributed by atoms with Crippen molar-refractivity contribution in [2.75, 3.05) is 6.61 Å². The summed E-state index contributed by atoms with van der Waals surface area (Å²) in [5.41, 5.74) is 0.958. The number of carbonyl (C=O) groups excluding carboxylic acids is 1. The van der Waals surface area contributed by atoms with Crippen molar-refractivity contribution in [3.05, 3.63) is 29.8 Å². The molecular formula is C11H15NO3S. The number of rotatable bonds is 3. The summed E-state index contributed by atoms with van der Waals surface area (Å²) >= 11 is 0. The van der Waals surface area contributed by atoms with Crippen molar-refractivity contribution >= 4 is 21.7 Å². The van der Waals surface area contributed by atoms with Crippen LogP contribution in [0.25, 0.3) is 0 Å². The maximum Gasteiger partial charge on any atom is 0.418 e. The fourth-order valence-electron chi connectivity index (χ4n) is 1.17. The third kappa shape index (κ3) is 3.27. The third-order valence-electron chi connectivity index (χ3n) is 1.89. The quantitative estimate of drug-likeness (QED) is 0.820. The van der Waals surface area contributed by atoms with Crippen LogP contribution in [0.3, 0.4) is 0 Å². The summed E-state index contributed by atoms with van der Waals surface area (Å²) in [5.74, 6) is 3.52. The molecule has 16 heavy (non-hydrogen) atoms. The second kappa shape index (κ2) is 5.03. The van der Waals surface area contributed by atoms with E-state index in [2.05, 4.69) is 15.3 Å². The van der Waals surface area contributed by atoms with Gasteiger partial charge in [-0.15, -0.1) is 0 Å². The molecule has 4 nitrogen and oxygen atoms in total. The molecule has 0 aliphatic rings. The van der Waals surface area contributed by atoms with Crippen molar-refractivity contribution in [3.63, 3.8) is 0 Å². The normalized spacial score (nSPS) is 13.9. The van der Waals surface area contributed by atoms with E-state index in [-0.39, 0.29) is 6.61 Å². The number of amides is 1. The largest absolute Gasteiger partial charge is 0.449 e. The minimum absolute atomic E-state index is 0.231. The first-order valence-corrected chi connectivity index (χ1v) is 6.57. The smallest absolute Gasteiger partial charge is 0.418 e. The lowest BCUT2D eigenvalue weighted by atomic mass is 10.2. The van der Waals surface area contributed by atoms with Gasteiger partial charge in [0, 0.05) is 4.90 Å². The zero-order valence-electron chi connectivity index (χ0n) is 9.36. The first-order chi connectivity index (χ1) is 7.45. The Kier molecular flexibility index (Phi) is 3.95. The Morgan fingerprint density at radius 2 is 2.25 bits per heavy atom. The molecule has 0 aromatic heterocycles. The van der Waals surface area contributed by atoms with Crippen LogP contribution in [0.2, 0.25) is 0 Å². The molecule has 1 unspecified atom stereocenters. The molecule has 0 aliphatic heterocycles. The van der Waals surface area contributed by atoms with E-state index < -0.39 is 15.8 Å². The van der Waals surface area contributed by atoms with Crippen molar-refractivity contribution in [3.8, 4) is 0 Å². The molecule has 0 saturated carbocycles. The zero-order valence-corrected chi connectivity index (χ0v) is 10.2. The summed E-state index contributed by atoms with van der Waals surface area (Å²) in [5, 5.41) is 0. The molecule has 1 aromatic rings. The third-order valence-corrected chi connectivity index (χ3v) is 3.41. The Bertz CT molecular complexity index is 480. The lowest BCUT2D eigenvalue weighted by molar-refractivity contribution is 0.159. The average Bonchev–Trinajstić information content (AvgIpc) is 2.17. The van der Waals surface area contributed by atoms with E-state index in [9.17, 15) is 9.00 Å². The van der Waals surface area contributed by atoms with Crippen LogP contribution in [-0.4, -0.2) is 22.8 Å². The lowest BCUT2D eigenvalue weighted by Gasteiger charge is -2.11. The van der Waals surface area contributed by atoms with Crippen LogP contribution in [0, 0.1) is 6.92 Å². The molecule has 0 heterocycles. The maximum atomic E-state index is 12.1. The van der Waals surface area contributed by atoms with Crippen molar-refractivity contribution in [2.45, 2.75) is 18.7 Å². The van der Waals surface area contributed by atoms with Gasteiger partial charge in [-0.05, 0) is 37.4 Å². The summed E-state index contributed by atoms with van der Waals surface area (Å²) in [6.45, 7) is 3.79. The van der Waals surface area contributed by atoms with Crippen LogP contribution < -0.4 is 4.72 Å². The molecule has 0 bridgehead atoms. The summed E-state index contributed by atoms with van der Waals surface area (Å²) in [4.78, 5) is 11.7. The molecule has 1 atom stereocenters. The highest BCUT2D eigenvalue weighted by Crippen LogP contribution is 2.10. The fourth-order valence-corrected chi connectivity index (χ4v) is 2.30. The number of benzene rings is 1. The van der Waals surface area contributed by atoms with Gasteiger partial charge in [-0.1, -0.05) is 12.1 Å². The molecular weight excluding hydrogens is 226 g/mol. The number of hydrogen-bond donors (Lipinski definition) is 1. The van der Waals surface area contributed by atoms with Gasteiger partial charge in [0.2, 0.25) is 0 Å². The van der Waals surface area contributed by atoms with Gasteiger partial charge >= 0.3 is 6.09 Å². The van der Waals surface area contributed by atoms with E-state index in [1.807, 2.05) is 13.0 Å². The SMILES string of the molecule is C=S(=O)(NC(=O)OCC)c1cccc(C)c1. The Hall–Kier alpha value is -1.49. The summed E-state index contributed by atoms with van der Waals surface area (Å²) in [6.07, 6.45) is -0.719. The fraction of sp³-hybridized carbons (Fsp3) is 0.273. The number of nitrogens with one attached hydrogen (secondary N) is 1. The minimum Gasteiger partial charge on any atom is -0.449 e. The first kappa shape index (κ1) is 12.6. The van der Waals surface area contributed by atoms with Crippen molar-refractivity contribution in [2.24, 2.45) is 0 Å². The molecule has 1 N–H and O–H groups in total. The van der Waals surface area contributed by atoms with E-state index >= 15 is 0 Å². The molecule has 1 amide bonds. The predicted octanol–water partition coefficient (Wildman–Crippen LogP) is 1.73. The molecule has 1 rings (SSSR count). The molecule has 0 spiro atoms. The van der Waals surface area contributed by atoms with Crippen LogP contribution in [0.4, 0.5) is 4.79 Å². The summed E-state index contributed by atoms with van der Waals surface area (Å²) in [7, 11) is -2.83. The number of hydrogen-bond acceptors (Lipinski definition) is 3. The number of aryl methyl sites for hydroxylation is 1. The van der Waals surface area contributed by atoms with Gasteiger partial charge in [-0.3, -0.25) is 0 Å². The minimum atomic E-state index is -2.83. The Balaban J connectivity index is 2.90. The van der Waals surface area contributed by atoms with Crippen LogP contribution in [0.1, 0.15) is 12.5 Å². The molecule has 88 valence electrons. The standard InChI is InChI=1S/C11H15NO3S/c1-4-15-11(13)12-16(3,14)10-7-5-6-9(2)8-10/h5-8H,3-4H2,1-2H3,(H,12,13,14). The predicted molar refractivity (Wildman–Crippen MR) is 64.9 cm³/mol. The second-order valence-corrected chi connectivity index (χ2v) is 5.34. The Morgan fingerprint density at radius 1 is 1.56 bits per heavy atom. The van der Waals surface area contributed by atoms with Gasteiger partial charge in [0.1, 0.15) is 0 Å². The topological polar surface area (TPSA) is 55.4 Å². The molecule has 0 aliphatic carbocycles. The van der Waals surface area contributed by atoms with E-state index in [0.29, 0.717) is 4.90 Å². The van der Waals surface area contributed by atoms with E-state index in [0.717, 1.165) is 5.56 Å². The van der Waals surface area contributed by atoms with Gasteiger partial charge in [0.05, 0.1) is 16.3 Å². The highest BCUT2D eigenvalue weighted by Gasteiger charge is 2.11. The number of carbonyl (C=O) groups is 1. The summed E-state index contributed by atoms with van der Waals surface area (Å²) in [6, 6.07) is 7.03. The van der Waals surface area contributed by atoms with Crippen molar-refractivity contribution in [1.29, 1.82) is 0 Å². The van der Waals surface area contributed by atoms with Gasteiger partial charge < -0.3 is 4.74 Å². The number of ether oxygens (including phenoxy) is 1. The van der Waals surface area contributed by atoms with Crippen LogP contribution >= 0.6 is 0 Å².